The molecule has 0 rings (SSSR count). The van der Waals surface area contributed by atoms with Gasteiger partial charge < -0.3 is 5.11 Å². The quantitative estimate of drug-likeness (QED) is 0.686. The summed E-state index contributed by atoms with van der Waals surface area (Å²) >= 11 is 0. The van der Waals surface area contributed by atoms with Crippen molar-refractivity contribution in [1.29, 1.82) is 0 Å². The Bertz CT molecular complexity index is 906. The van der Waals surface area contributed by atoms with E-state index < -0.39 is 5.97 Å². The fourth-order valence-corrected chi connectivity index (χ4v) is 0.522. The molecule has 0 aliphatic carbocycles. The fourth-order valence-electron chi connectivity index (χ4n) is 0.522. The topological polar surface area (TPSA) is 37.3 Å². The van der Waals surface area contributed by atoms with Crippen LogP contribution in [0.15, 0.2) is 0 Å². The van der Waals surface area contributed by atoms with Gasteiger partial charge in [-0.05, 0) is 89.8 Å². The maximum atomic E-state index is 9.99. The Hall–Kier alpha value is -4.05. The third kappa shape index (κ3) is 13.9. The van der Waals surface area contributed by atoms with E-state index in [0.29, 0.717) is 0 Å². The molecule has 0 heterocycles. The second-order valence-electron chi connectivity index (χ2n) is 2.43. The van der Waals surface area contributed by atoms with Crippen molar-refractivity contribution in [3.63, 3.8) is 0 Å². The van der Waals surface area contributed by atoms with E-state index in [4.69, 9.17) is 5.11 Å². The van der Waals surface area contributed by atoms with Crippen LogP contribution in [0.3, 0.4) is 0 Å². The van der Waals surface area contributed by atoms with Crippen molar-refractivity contribution in [3.05, 3.63) is 0 Å². The zero-order valence-corrected chi connectivity index (χ0v) is 10.4. The molecule has 0 unspecified atom stereocenters. The first-order chi connectivity index (χ1) is 9.77. The molecule has 2 heteroatoms. The minimum absolute atomic E-state index is 0. The van der Waals surface area contributed by atoms with E-state index in [1.807, 2.05) is 5.92 Å². The van der Waals surface area contributed by atoms with Crippen LogP contribution >= 0.6 is 0 Å². The van der Waals surface area contributed by atoms with E-state index in [1.54, 1.807) is 6.92 Å². The highest BCUT2D eigenvalue weighted by molar-refractivity contribution is 5.87. The second kappa shape index (κ2) is 13.0. The molecule has 0 saturated carbocycles. The van der Waals surface area contributed by atoms with Crippen LogP contribution in [-0.4, -0.2) is 11.1 Å². The largest absolute Gasteiger partial charge is 0.472 e. The van der Waals surface area contributed by atoms with Gasteiger partial charge in [0.15, 0.2) is 0 Å². The molecule has 0 aromatic heterocycles. The summed E-state index contributed by atoms with van der Waals surface area (Å²) in [5.41, 5.74) is 0. The molecular weight excluding hydrogens is 248 g/mol. The van der Waals surface area contributed by atoms with Crippen LogP contribution in [0, 0.1) is 94.7 Å². The third-order valence-corrected chi connectivity index (χ3v) is 1.11. The summed E-state index contributed by atoms with van der Waals surface area (Å²) in [5, 5.41) is 8.18. The van der Waals surface area contributed by atoms with Gasteiger partial charge in [-0.1, -0.05) is 5.92 Å². The van der Waals surface area contributed by atoms with Gasteiger partial charge >= 0.3 is 5.97 Å². The third-order valence-electron chi connectivity index (χ3n) is 1.11. The van der Waals surface area contributed by atoms with Gasteiger partial charge in [-0.2, -0.15) is 0 Å². The Morgan fingerprint density at radius 1 is 0.650 bits per heavy atom. The number of hydrogen-bond acceptors (Lipinski definition) is 1. The Labute approximate surface area is 140 Å². The van der Waals surface area contributed by atoms with Gasteiger partial charge in [0.05, 0.1) is 0 Å². The zero-order chi connectivity index (χ0) is 14.9. The van der Waals surface area contributed by atoms with Crippen LogP contribution in [0.2, 0.25) is 0 Å². The Kier molecular flexibility index (Phi) is 10.4. The Balaban J connectivity index is -0.0000000172. The number of hydrogen-bond donors (Lipinski definition) is 1. The van der Waals surface area contributed by atoms with Crippen molar-refractivity contribution >= 4 is 5.97 Å². The molecule has 1 N–H and O–H groups in total. The first kappa shape index (κ1) is 16.0. The predicted octanol–water partition coefficient (Wildman–Crippen LogP) is 3.81. The molecule has 0 aliphatic heterocycles. The average Bonchev–Trinajstić information content (AvgIpc) is 2.43. The van der Waals surface area contributed by atoms with Crippen LogP contribution in [0.5, 0.6) is 0 Å². The molecular formula is C18H34O2. The van der Waals surface area contributed by atoms with Gasteiger partial charge in [0.1, 0.15) is 0 Å². The highest BCUT2D eigenvalue weighted by Crippen LogP contribution is 1.59. The number of rotatable bonds is 0. The smallest absolute Gasteiger partial charge is 0.382 e. The maximum absolute atomic E-state index is 9.99. The summed E-state index contributed by atoms with van der Waals surface area (Å²) in [6, 6.07) is 0. The summed E-state index contributed by atoms with van der Waals surface area (Å²) in [6.07, 6.45) is 0. The van der Waals surface area contributed by atoms with Crippen LogP contribution in [0.4, 0.5) is 0 Å². The molecule has 0 spiro atoms. The van der Waals surface area contributed by atoms with E-state index in [9.17, 15) is 4.79 Å². The average molecular weight is 282 g/mol. The van der Waals surface area contributed by atoms with Crippen LogP contribution in [0.25, 0.3) is 0 Å². The first-order valence-electron chi connectivity index (χ1n) is 4.93. The van der Waals surface area contributed by atoms with Gasteiger partial charge in [0.25, 0.3) is 0 Å². The van der Waals surface area contributed by atoms with E-state index >= 15 is 0 Å². The van der Waals surface area contributed by atoms with Crippen molar-refractivity contribution in [3.8, 4) is 94.7 Å². The number of carboxylic acid groups (broad SMARTS) is 1. The monoisotopic (exact) mass is 282 g/mol. The summed E-state index contributed by atoms with van der Waals surface area (Å²) in [5.74, 6) is 36.8. The molecule has 0 saturated heterocycles. The SMILES string of the molecule is CC#CC#CC#CC#CC#CC#CC#CC#CC(=O)O.[HH].[HH].[HH].[HH].[HH].[HH].[HH].[HH].[HH].[HH].[HH].[HH].[HH].[HH].[HH]. The number of carboxylic acids is 1. The lowest BCUT2D eigenvalue weighted by molar-refractivity contribution is -0.130. The molecule has 0 aromatic rings. The van der Waals surface area contributed by atoms with E-state index in [2.05, 4.69) is 88.8 Å². The van der Waals surface area contributed by atoms with Crippen molar-refractivity contribution in [1.82, 2.24) is 0 Å². The lowest BCUT2D eigenvalue weighted by Crippen LogP contribution is -1.85. The normalized spacial score (nSPS) is 4.45. The lowest BCUT2D eigenvalue weighted by atomic mass is 10.5. The standard InChI is InChI=1S/C18H4O2.15H2/c1-2-3-4-5-6-7-8-9-10-11-12-13-14-15-16-17-18(19)20;;;;;;;;;;;;;;;/h1H3,(H,19,20);15*1H. The van der Waals surface area contributed by atoms with Crippen molar-refractivity contribution in [2.75, 3.05) is 0 Å². The summed E-state index contributed by atoms with van der Waals surface area (Å²) in [4.78, 5) is 9.99. The first-order valence-corrected chi connectivity index (χ1v) is 4.93. The molecule has 118 valence electrons. The summed E-state index contributed by atoms with van der Waals surface area (Å²) in [7, 11) is 0. The molecule has 0 fully saturated rings. The van der Waals surface area contributed by atoms with Gasteiger partial charge in [0, 0.05) is 27.3 Å². The maximum Gasteiger partial charge on any atom is 0.382 e. The minimum Gasteiger partial charge on any atom is -0.472 e. The van der Waals surface area contributed by atoms with E-state index in [1.165, 1.54) is 0 Å². The predicted molar refractivity (Wildman–Crippen MR) is 107 cm³/mol. The number of carbonyl (C=O) groups is 1. The number of aliphatic carboxylic acids is 1. The molecule has 0 bridgehead atoms. The Morgan fingerprint density at radius 2 is 0.950 bits per heavy atom. The highest BCUT2D eigenvalue weighted by atomic mass is 16.4. The van der Waals surface area contributed by atoms with E-state index in [-0.39, 0.29) is 21.4 Å². The van der Waals surface area contributed by atoms with E-state index in [0.717, 1.165) is 0 Å². The summed E-state index contributed by atoms with van der Waals surface area (Å²) < 4.78 is 0. The molecule has 0 atom stereocenters. The van der Waals surface area contributed by atoms with Gasteiger partial charge in [-0.15, -0.1) is 0 Å². The van der Waals surface area contributed by atoms with Crippen molar-refractivity contribution in [2.24, 2.45) is 0 Å². The molecule has 0 aliphatic rings. The second-order valence-corrected chi connectivity index (χ2v) is 2.43. The van der Waals surface area contributed by atoms with Crippen molar-refractivity contribution in [2.45, 2.75) is 6.92 Å². The Morgan fingerprint density at radius 3 is 1.25 bits per heavy atom. The van der Waals surface area contributed by atoms with Crippen LogP contribution < -0.4 is 0 Å². The van der Waals surface area contributed by atoms with Crippen LogP contribution in [0.1, 0.15) is 28.3 Å². The molecule has 2 nitrogen and oxygen atoms in total. The molecule has 0 amide bonds. The lowest BCUT2D eigenvalue weighted by Gasteiger charge is -1.63. The molecule has 0 radical (unpaired) electrons. The van der Waals surface area contributed by atoms with Crippen LogP contribution in [-0.2, 0) is 4.79 Å². The summed E-state index contributed by atoms with van der Waals surface area (Å²) in [6.45, 7) is 1.68. The van der Waals surface area contributed by atoms with Crippen molar-refractivity contribution < 1.29 is 31.3 Å². The fraction of sp³-hybridized carbons (Fsp3) is 0.0556. The minimum atomic E-state index is -1.24. The highest BCUT2D eigenvalue weighted by Gasteiger charge is 1.78. The molecule has 20 heavy (non-hydrogen) atoms. The van der Waals surface area contributed by atoms with Gasteiger partial charge in [0.2, 0.25) is 0 Å². The molecule has 0 aromatic carbocycles. The zero-order valence-electron chi connectivity index (χ0n) is 10.4. The van der Waals surface area contributed by atoms with Gasteiger partial charge in [-0.3, -0.25) is 0 Å². The van der Waals surface area contributed by atoms with Gasteiger partial charge in [-0.25, -0.2) is 4.79 Å².